The van der Waals surface area contributed by atoms with Gasteiger partial charge < -0.3 is 15.1 Å². The highest BCUT2D eigenvalue weighted by Gasteiger charge is 2.20. The molecule has 0 saturated carbocycles. The molecule has 1 aliphatic heterocycles. The molecule has 0 aromatic carbocycles. The average molecular weight is 231 g/mol. The zero-order chi connectivity index (χ0) is 9.97. The smallest absolute Gasteiger partial charge is 0.257 e. The van der Waals surface area contributed by atoms with Crippen LogP contribution < -0.4 is 5.73 Å². The van der Waals surface area contributed by atoms with Crippen LogP contribution in [0.4, 0.5) is 0 Å². The van der Waals surface area contributed by atoms with E-state index in [1.54, 1.807) is 6.07 Å². The Balaban J connectivity index is 0.00000112. The second kappa shape index (κ2) is 5.19. The van der Waals surface area contributed by atoms with Crippen LogP contribution in [0.3, 0.4) is 0 Å². The lowest BCUT2D eigenvalue weighted by atomic mass is 10.3. The fraction of sp³-hybridized carbons (Fsp3) is 0.500. The Morgan fingerprint density at radius 3 is 2.67 bits per heavy atom. The molecule has 1 aromatic rings. The molecule has 0 spiro atoms. The second-order valence-electron chi connectivity index (χ2n) is 3.51. The third-order valence-electron chi connectivity index (χ3n) is 2.50. The van der Waals surface area contributed by atoms with Crippen LogP contribution in [0.15, 0.2) is 16.7 Å². The minimum Gasteiger partial charge on any atom is -0.467 e. The summed E-state index contributed by atoms with van der Waals surface area (Å²) in [6.07, 6.45) is 3.70. The van der Waals surface area contributed by atoms with E-state index >= 15 is 0 Å². The molecule has 2 heterocycles. The van der Waals surface area contributed by atoms with Crippen LogP contribution in [-0.4, -0.2) is 23.9 Å². The number of nitrogens with zero attached hydrogens (tertiary/aromatic N) is 1. The van der Waals surface area contributed by atoms with Crippen LogP contribution in [-0.2, 0) is 6.54 Å². The number of carbonyl (C=O) groups is 1. The third kappa shape index (κ3) is 2.52. The lowest BCUT2D eigenvalue weighted by Gasteiger charge is -2.12. The molecule has 0 bridgehead atoms. The SMILES string of the molecule is Cl.NCc1cc(C(=O)N2CCCC2)co1. The number of hydrogen-bond donors (Lipinski definition) is 1. The van der Waals surface area contributed by atoms with E-state index in [0.717, 1.165) is 25.9 Å². The molecule has 0 atom stereocenters. The summed E-state index contributed by atoms with van der Waals surface area (Å²) in [5, 5.41) is 0. The first-order valence-electron chi connectivity index (χ1n) is 4.88. The Labute approximate surface area is 94.8 Å². The molecule has 0 radical (unpaired) electrons. The largest absolute Gasteiger partial charge is 0.467 e. The molecular weight excluding hydrogens is 216 g/mol. The van der Waals surface area contributed by atoms with Crippen molar-refractivity contribution >= 4 is 18.3 Å². The van der Waals surface area contributed by atoms with Gasteiger partial charge in [0.25, 0.3) is 5.91 Å². The number of nitrogens with two attached hydrogens (primary N) is 1. The predicted octanol–water partition coefficient (Wildman–Crippen LogP) is 1.40. The highest BCUT2D eigenvalue weighted by Crippen LogP contribution is 2.14. The van der Waals surface area contributed by atoms with Crippen LogP contribution in [0.25, 0.3) is 0 Å². The van der Waals surface area contributed by atoms with Crippen molar-refractivity contribution < 1.29 is 9.21 Å². The van der Waals surface area contributed by atoms with E-state index in [9.17, 15) is 4.79 Å². The summed E-state index contributed by atoms with van der Waals surface area (Å²) >= 11 is 0. The van der Waals surface area contributed by atoms with Gasteiger partial charge in [0.05, 0.1) is 12.1 Å². The lowest BCUT2D eigenvalue weighted by Crippen LogP contribution is -2.27. The van der Waals surface area contributed by atoms with E-state index in [0.29, 0.717) is 17.9 Å². The average Bonchev–Trinajstić information content (AvgIpc) is 2.88. The Hall–Kier alpha value is -1.00. The second-order valence-corrected chi connectivity index (χ2v) is 3.51. The zero-order valence-electron chi connectivity index (χ0n) is 8.44. The van der Waals surface area contributed by atoms with Gasteiger partial charge >= 0.3 is 0 Å². The molecule has 1 fully saturated rings. The van der Waals surface area contributed by atoms with Gasteiger partial charge in [0.15, 0.2) is 0 Å². The monoisotopic (exact) mass is 230 g/mol. The van der Waals surface area contributed by atoms with Crippen molar-refractivity contribution in [2.45, 2.75) is 19.4 Å². The van der Waals surface area contributed by atoms with Crippen molar-refractivity contribution in [3.05, 3.63) is 23.7 Å². The summed E-state index contributed by atoms with van der Waals surface area (Å²) in [7, 11) is 0. The molecule has 2 N–H and O–H groups in total. The van der Waals surface area contributed by atoms with Crippen LogP contribution in [0.1, 0.15) is 29.0 Å². The zero-order valence-corrected chi connectivity index (χ0v) is 9.26. The van der Waals surface area contributed by atoms with E-state index in [-0.39, 0.29) is 18.3 Å². The molecule has 1 aromatic heterocycles. The summed E-state index contributed by atoms with van der Waals surface area (Å²) in [6.45, 7) is 2.07. The summed E-state index contributed by atoms with van der Waals surface area (Å²) < 4.78 is 5.12. The minimum absolute atomic E-state index is 0. The molecule has 1 saturated heterocycles. The maximum atomic E-state index is 11.8. The number of halogens is 1. The maximum Gasteiger partial charge on any atom is 0.257 e. The van der Waals surface area contributed by atoms with Gasteiger partial charge in [-0.05, 0) is 18.9 Å². The first kappa shape index (κ1) is 12.1. The topological polar surface area (TPSA) is 59.5 Å². The Bertz CT molecular complexity index is 332. The molecule has 1 amide bonds. The Kier molecular flexibility index (Phi) is 4.17. The van der Waals surface area contributed by atoms with Crippen LogP contribution in [0.2, 0.25) is 0 Å². The molecule has 0 aliphatic carbocycles. The van der Waals surface area contributed by atoms with Gasteiger partial charge in [0, 0.05) is 13.1 Å². The minimum atomic E-state index is 0. The van der Waals surface area contributed by atoms with Crippen molar-refractivity contribution in [3.8, 4) is 0 Å². The van der Waals surface area contributed by atoms with E-state index < -0.39 is 0 Å². The fourth-order valence-electron chi connectivity index (χ4n) is 1.70. The van der Waals surface area contributed by atoms with E-state index in [2.05, 4.69) is 0 Å². The van der Waals surface area contributed by atoms with Gasteiger partial charge in [-0.2, -0.15) is 0 Å². The van der Waals surface area contributed by atoms with Crippen molar-refractivity contribution in [2.75, 3.05) is 13.1 Å². The summed E-state index contributed by atoms with van der Waals surface area (Å²) in [5.74, 6) is 0.721. The maximum absolute atomic E-state index is 11.8. The number of rotatable bonds is 2. The van der Waals surface area contributed by atoms with Crippen LogP contribution >= 0.6 is 12.4 Å². The molecule has 15 heavy (non-hydrogen) atoms. The predicted molar refractivity (Wildman–Crippen MR) is 59.0 cm³/mol. The summed E-state index contributed by atoms with van der Waals surface area (Å²) in [5.41, 5.74) is 6.02. The van der Waals surface area contributed by atoms with E-state index in [1.807, 2.05) is 4.90 Å². The highest BCUT2D eigenvalue weighted by atomic mass is 35.5. The summed E-state index contributed by atoms with van der Waals surface area (Å²) in [4.78, 5) is 13.7. The van der Waals surface area contributed by atoms with E-state index in [4.69, 9.17) is 10.2 Å². The fourth-order valence-corrected chi connectivity index (χ4v) is 1.70. The summed E-state index contributed by atoms with van der Waals surface area (Å²) in [6, 6.07) is 1.72. The number of carbonyl (C=O) groups excluding carboxylic acids is 1. The normalized spacial score (nSPS) is 15.1. The van der Waals surface area contributed by atoms with Gasteiger partial charge in [-0.1, -0.05) is 0 Å². The molecule has 0 unspecified atom stereocenters. The number of likely N-dealkylation sites (tertiary alicyclic amines) is 1. The van der Waals surface area contributed by atoms with Crippen molar-refractivity contribution in [2.24, 2.45) is 5.73 Å². The van der Waals surface area contributed by atoms with Gasteiger partial charge in [-0.15, -0.1) is 12.4 Å². The first-order chi connectivity index (χ1) is 6.81. The van der Waals surface area contributed by atoms with Crippen molar-refractivity contribution in [1.29, 1.82) is 0 Å². The van der Waals surface area contributed by atoms with Gasteiger partial charge in [-0.25, -0.2) is 0 Å². The van der Waals surface area contributed by atoms with Crippen LogP contribution in [0.5, 0.6) is 0 Å². The Morgan fingerprint density at radius 2 is 2.13 bits per heavy atom. The Morgan fingerprint density at radius 1 is 1.47 bits per heavy atom. The lowest BCUT2D eigenvalue weighted by molar-refractivity contribution is 0.0792. The first-order valence-corrected chi connectivity index (χ1v) is 4.88. The molecule has 84 valence electrons. The van der Waals surface area contributed by atoms with Crippen LogP contribution in [0, 0.1) is 0 Å². The number of furan rings is 1. The molecule has 5 heteroatoms. The quantitative estimate of drug-likeness (QED) is 0.836. The molecule has 4 nitrogen and oxygen atoms in total. The van der Waals surface area contributed by atoms with Crippen molar-refractivity contribution in [1.82, 2.24) is 4.90 Å². The molecule has 1 aliphatic rings. The number of amides is 1. The van der Waals surface area contributed by atoms with Gasteiger partial charge in [0.2, 0.25) is 0 Å². The third-order valence-corrected chi connectivity index (χ3v) is 2.50. The molecule has 2 rings (SSSR count). The van der Waals surface area contributed by atoms with Gasteiger partial charge in [-0.3, -0.25) is 4.79 Å². The highest BCUT2D eigenvalue weighted by molar-refractivity contribution is 5.94. The van der Waals surface area contributed by atoms with Crippen molar-refractivity contribution in [3.63, 3.8) is 0 Å². The van der Waals surface area contributed by atoms with Gasteiger partial charge in [0.1, 0.15) is 12.0 Å². The van der Waals surface area contributed by atoms with E-state index in [1.165, 1.54) is 6.26 Å². The number of hydrogen-bond acceptors (Lipinski definition) is 3. The standard InChI is InChI=1S/C10H14N2O2.ClH/c11-6-9-5-8(7-14-9)10(13)12-3-1-2-4-12;/h5,7H,1-4,6,11H2;1H. The molecular formula is C10H15ClN2O2.